The lowest BCUT2D eigenvalue weighted by atomic mass is 9.75. The van der Waals surface area contributed by atoms with E-state index in [1.54, 1.807) is 0 Å². The fraction of sp³-hybridized carbons (Fsp3) is 0.0513. The van der Waals surface area contributed by atoms with E-state index in [1.807, 2.05) is 60.7 Å². The predicted octanol–water partition coefficient (Wildman–Crippen LogP) is 7.32. The van der Waals surface area contributed by atoms with Crippen molar-refractivity contribution in [3.05, 3.63) is 167 Å². The average Bonchev–Trinajstić information content (AvgIpc) is 3.08. The van der Waals surface area contributed by atoms with Gasteiger partial charge in [0.05, 0.1) is 0 Å². The molecule has 0 N–H and O–H groups in total. The quantitative estimate of drug-likeness (QED) is 0.237. The molecule has 2 aliphatic carbocycles. The molecule has 0 bridgehead atoms. The highest BCUT2D eigenvalue weighted by Gasteiger charge is 2.26. The number of rotatable bonds is 4. The Labute approximate surface area is 244 Å². The van der Waals surface area contributed by atoms with Crippen LogP contribution in [0.4, 0.5) is 0 Å². The standard InChI is InChI=1S/C39H27N3/c1-3-12-28(13-4-1)37-40-38(29-14-5-2-6-15-29)42-39(41-37)30-22-19-27(20-23-30)35-25-31-24-21-26-11-7-8-16-32(26)36(31)34-18-10-9-17-33(34)35/h1-24,31H,25H2. The largest absolute Gasteiger partial charge is 0.208 e. The molecule has 0 saturated heterocycles. The van der Waals surface area contributed by atoms with Crippen molar-refractivity contribution in [1.29, 1.82) is 0 Å². The first-order valence-corrected chi connectivity index (χ1v) is 14.4. The van der Waals surface area contributed by atoms with Crippen LogP contribution in [0.2, 0.25) is 0 Å². The van der Waals surface area contributed by atoms with Gasteiger partial charge in [-0.25, -0.2) is 15.0 Å². The van der Waals surface area contributed by atoms with Crippen LogP contribution in [0.3, 0.4) is 0 Å². The summed E-state index contributed by atoms with van der Waals surface area (Å²) in [6.07, 6.45) is 5.63. The summed E-state index contributed by atoms with van der Waals surface area (Å²) < 4.78 is 0. The Balaban J connectivity index is 1.25. The minimum absolute atomic E-state index is 0.356. The first-order valence-electron chi connectivity index (χ1n) is 14.4. The molecule has 1 unspecified atom stereocenters. The van der Waals surface area contributed by atoms with Crippen molar-refractivity contribution >= 4 is 17.2 Å². The Kier molecular flexibility index (Phi) is 5.93. The Morgan fingerprint density at radius 1 is 0.452 bits per heavy atom. The van der Waals surface area contributed by atoms with Crippen LogP contribution in [0.5, 0.6) is 0 Å². The van der Waals surface area contributed by atoms with Crippen molar-refractivity contribution in [2.24, 2.45) is 5.92 Å². The summed E-state index contributed by atoms with van der Waals surface area (Å²) >= 11 is 0. The van der Waals surface area contributed by atoms with Gasteiger partial charge in [0.25, 0.3) is 0 Å². The van der Waals surface area contributed by atoms with Crippen LogP contribution in [0.25, 0.3) is 51.4 Å². The molecular formula is C39H27N3. The fourth-order valence-corrected chi connectivity index (χ4v) is 6.26. The van der Waals surface area contributed by atoms with Gasteiger partial charge in [0.15, 0.2) is 17.5 Å². The summed E-state index contributed by atoms with van der Waals surface area (Å²) in [5, 5.41) is 2.65. The molecule has 0 amide bonds. The van der Waals surface area contributed by atoms with Gasteiger partial charge >= 0.3 is 0 Å². The van der Waals surface area contributed by atoms with Gasteiger partial charge < -0.3 is 0 Å². The normalized spacial score (nSPS) is 15.1. The second-order valence-corrected chi connectivity index (χ2v) is 10.8. The van der Waals surface area contributed by atoms with Crippen molar-refractivity contribution in [3.63, 3.8) is 0 Å². The zero-order valence-corrected chi connectivity index (χ0v) is 23.0. The van der Waals surface area contributed by atoms with Crippen LogP contribution in [-0.4, -0.2) is 15.0 Å². The molecule has 1 atom stereocenters. The number of hydrogen-bond acceptors (Lipinski definition) is 3. The zero-order valence-electron chi connectivity index (χ0n) is 23.0. The smallest absolute Gasteiger partial charge is 0.164 e. The highest BCUT2D eigenvalue weighted by atomic mass is 15.0. The lowest BCUT2D eigenvalue weighted by molar-refractivity contribution is 0.842. The Morgan fingerprint density at radius 2 is 0.952 bits per heavy atom. The van der Waals surface area contributed by atoms with E-state index < -0.39 is 0 Å². The molecule has 0 saturated carbocycles. The van der Waals surface area contributed by atoms with Crippen molar-refractivity contribution in [2.75, 3.05) is 0 Å². The zero-order chi connectivity index (χ0) is 27.9. The van der Waals surface area contributed by atoms with Crippen molar-refractivity contribution in [2.45, 2.75) is 6.42 Å². The van der Waals surface area contributed by atoms with Crippen LogP contribution >= 0.6 is 0 Å². The number of nitrogens with zero attached hydrogens (tertiary/aromatic N) is 3. The van der Waals surface area contributed by atoms with Gasteiger partial charge in [-0.3, -0.25) is 0 Å². The maximum Gasteiger partial charge on any atom is 0.164 e. The van der Waals surface area contributed by atoms with Crippen molar-refractivity contribution < 1.29 is 0 Å². The molecule has 1 aromatic heterocycles. The Morgan fingerprint density at radius 3 is 1.60 bits per heavy atom. The number of fused-ring (bicyclic) bond motifs is 4. The van der Waals surface area contributed by atoms with Crippen LogP contribution in [0, 0.1) is 5.92 Å². The van der Waals surface area contributed by atoms with Crippen LogP contribution in [-0.2, 0) is 0 Å². The molecule has 42 heavy (non-hydrogen) atoms. The number of allylic oxidation sites excluding steroid dienone is 1. The summed E-state index contributed by atoms with van der Waals surface area (Å²) in [4.78, 5) is 14.7. The summed E-state index contributed by atoms with van der Waals surface area (Å²) in [6.45, 7) is 0. The molecule has 2 aliphatic rings. The topological polar surface area (TPSA) is 38.7 Å². The van der Waals surface area contributed by atoms with Crippen molar-refractivity contribution in [1.82, 2.24) is 15.0 Å². The van der Waals surface area contributed by atoms with E-state index in [4.69, 9.17) is 15.0 Å². The first-order chi connectivity index (χ1) is 20.8. The molecule has 0 radical (unpaired) electrons. The van der Waals surface area contributed by atoms with Gasteiger partial charge in [-0.15, -0.1) is 0 Å². The third kappa shape index (κ3) is 4.27. The van der Waals surface area contributed by atoms with E-state index in [0.29, 0.717) is 23.4 Å². The molecule has 3 heteroatoms. The number of hydrogen-bond donors (Lipinski definition) is 0. The summed E-state index contributed by atoms with van der Waals surface area (Å²) in [5.74, 6) is 2.37. The molecule has 6 aromatic rings. The second-order valence-electron chi connectivity index (χ2n) is 10.8. The molecule has 0 fully saturated rings. The van der Waals surface area contributed by atoms with E-state index >= 15 is 0 Å². The molecule has 5 aromatic carbocycles. The van der Waals surface area contributed by atoms with E-state index in [2.05, 4.69) is 84.9 Å². The molecule has 3 nitrogen and oxygen atoms in total. The van der Waals surface area contributed by atoms with E-state index in [1.165, 1.54) is 38.3 Å². The third-order valence-electron chi connectivity index (χ3n) is 8.29. The number of aromatic nitrogens is 3. The van der Waals surface area contributed by atoms with Crippen molar-refractivity contribution in [3.8, 4) is 34.2 Å². The SMILES string of the molecule is C1=CC2CC(c3ccc(-c4nc(-c5ccccc5)nc(-c5ccccc5)n4)cc3)=c3ccccc3=C2c2ccccc21. The predicted molar refractivity (Wildman–Crippen MR) is 170 cm³/mol. The molecule has 8 rings (SSSR count). The summed E-state index contributed by atoms with van der Waals surface area (Å²) in [6, 6.07) is 46.6. The minimum atomic E-state index is 0.356. The molecule has 198 valence electrons. The highest BCUT2D eigenvalue weighted by molar-refractivity contribution is 5.85. The van der Waals surface area contributed by atoms with Crippen LogP contribution in [0.15, 0.2) is 140 Å². The highest BCUT2D eigenvalue weighted by Crippen LogP contribution is 2.38. The Bertz CT molecular complexity index is 2040. The molecule has 0 aliphatic heterocycles. The van der Waals surface area contributed by atoms with E-state index in [-0.39, 0.29) is 0 Å². The third-order valence-corrected chi connectivity index (χ3v) is 8.29. The first kappa shape index (κ1) is 24.4. The van der Waals surface area contributed by atoms with Gasteiger partial charge in [-0.05, 0) is 44.7 Å². The van der Waals surface area contributed by atoms with E-state index in [9.17, 15) is 0 Å². The molecular weight excluding hydrogens is 510 g/mol. The van der Waals surface area contributed by atoms with Gasteiger partial charge in [-0.2, -0.15) is 0 Å². The maximum absolute atomic E-state index is 4.91. The summed E-state index contributed by atoms with van der Waals surface area (Å²) in [7, 11) is 0. The van der Waals surface area contributed by atoms with Crippen LogP contribution < -0.4 is 10.4 Å². The molecule has 1 heterocycles. The lowest BCUT2D eigenvalue weighted by Gasteiger charge is -2.28. The summed E-state index contributed by atoms with van der Waals surface area (Å²) in [5.41, 5.74) is 9.62. The Hall–Kier alpha value is -5.41. The van der Waals surface area contributed by atoms with Gasteiger partial charge in [0.2, 0.25) is 0 Å². The monoisotopic (exact) mass is 537 g/mol. The van der Waals surface area contributed by atoms with E-state index in [0.717, 1.165) is 23.1 Å². The van der Waals surface area contributed by atoms with Gasteiger partial charge in [0.1, 0.15) is 0 Å². The second kappa shape index (κ2) is 10.2. The van der Waals surface area contributed by atoms with Gasteiger partial charge in [-0.1, -0.05) is 146 Å². The minimum Gasteiger partial charge on any atom is -0.208 e. The lowest BCUT2D eigenvalue weighted by Crippen LogP contribution is -2.36. The van der Waals surface area contributed by atoms with Crippen LogP contribution in [0.1, 0.15) is 23.1 Å². The van der Waals surface area contributed by atoms with Gasteiger partial charge in [0, 0.05) is 22.6 Å². The average molecular weight is 538 g/mol. The number of benzene rings is 5. The maximum atomic E-state index is 4.91. The molecule has 0 spiro atoms. The fourth-order valence-electron chi connectivity index (χ4n) is 6.26.